The molecule has 0 N–H and O–H groups in total. The third-order valence-corrected chi connectivity index (χ3v) is 6.61. The van der Waals surface area contributed by atoms with Crippen molar-refractivity contribution < 1.29 is 42.6 Å². The van der Waals surface area contributed by atoms with Crippen LogP contribution in [-0.4, -0.2) is 137 Å². The van der Waals surface area contributed by atoms with E-state index in [1.54, 1.807) is 0 Å². The summed E-state index contributed by atoms with van der Waals surface area (Å²) in [5.74, 6) is -0.887. The highest BCUT2D eigenvalue weighted by Crippen LogP contribution is 2.41. The molecular formula is C21H31N3O9. The van der Waals surface area contributed by atoms with Gasteiger partial charge < -0.3 is 42.6 Å². The Morgan fingerprint density at radius 1 is 0.727 bits per heavy atom. The van der Waals surface area contributed by atoms with E-state index in [1.165, 1.54) is 0 Å². The first-order valence-corrected chi connectivity index (χ1v) is 12.0. The number of hydrogen-bond acceptors (Lipinski definition) is 12. The summed E-state index contributed by atoms with van der Waals surface area (Å²) in [6.07, 6.45) is 0.660. The number of ether oxygens (including phenoxy) is 9. The lowest BCUT2D eigenvalue weighted by molar-refractivity contribution is -0.291. The molecule has 12 nitrogen and oxygen atoms in total. The molecular weight excluding hydrogens is 438 g/mol. The maximum atomic E-state index is 6.77. The van der Waals surface area contributed by atoms with Gasteiger partial charge in [0.2, 0.25) is 12.2 Å². The molecule has 0 spiro atoms. The first-order valence-electron chi connectivity index (χ1n) is 12.0. The van der Waals surface area contributed by atoms with E-state index < -0.39 is 12.2 Å². The lowest BCUT2D eigenvalue weighted by Crippen LogP contribution is -2.72. The largest absolute Gasteiger partial charge is 0.462 e. The van der Waals surface area contributed by atoms with Crippen LogP contribution in [0.15, 0.2) is 4.99 Å². The lowest BCUT2D eigenvalue weighted by atomic mass is 10.1. The van der Waals surface area contributed by atoms with Gasteiger partial charge in [-0.25, -0.2) is 4.90 Å². The zero-order valence-electron chi connectivity index (χ0n) is 18.5. The van der Waals surface area contributed by atoms with Crippen LogP contribution in [0.1, 0.15) is 6.42 Å². The monoisotopic (exact) mass is 469 g/mol. The van der Waals surface area contributed by atoms with Crippen molar-refractivity contribution in [3.63, 3.8) is 0 Å². The van der Waals surface area contributed by atoms with Gasteiger partial charge in [-0.2, -0.15) is 4.99 Å². The molecule has 8 unspecified atom stereocenters. The van der Waals surface area contributed by atoms with E-state index in [-0.39, 0.29) is 36.6 Å². The van der Waals surface area contributed by atoms with Crippen LogP contribution >= 0.6 is 0 Å². The maximum Gasteiger partial charge on any atom is 0.294 e. The molecule has 7 heterocycles. The Balaban J connectivity index is 1.23. The minimum Gasteiger partial charge on any atom is -0.462 e. The SMILES string of the molecule is C(OC1=NC(OCC2CO2)N(CC2CO2)C(CC2CO2)(OCC2CO2)N1CC1CO1)C1CO1. The number of epoxide rings is 6. The smallest absolute Gasteiger partial charge is 0.294 e. The van der Waals surface area contributed by atoms with Gasteiger partial charge in [-0.1, -0.05) is 0 Å². The molecule has 7 aliphatic rings. The molecule has 8 atom stereocenters. The van der Waals surface area contributed by atoms with E-state index in [2.05, 4.69) is 9.80 Å². The van der Waals surface area contributed by atoms with Gasteiger partial charge in [-0.05, 0) is 0 Å². The van der Waals surface area contributed by atoms with Crippen molar-refractivity contribution in [2.24, 2.45) is 4.99 Å². The van der Waals surface area contributed by atoms with Crippen LogP contribution in [0.2, 0.25) is 0 Å². The van der Waals surface area contributed by atoms with Crippen molar-refractivity contribution in [3.8, 4) is 0 Å². The highest BCUT2D eigenvalue weighted by molar-refractivity contribution is 5.75. The molecule has 0 aromatic heterocycles. The molecule has 7 aliphatic heterocycles. The fourth-order valence-corrected chi connectivity index (χ4v) is 4.19. The normalized spacial score (nSPS) is 44.9. The van der Waals surface area contributed by atoms with Crippen molar-refractivity contribution in [1.29, 1.82) is 0 Å². The van der Waals surface area contributed by atoms with E-state index >= 15 is 0 Å². The maximum absolute atomic E-state index is 6.77. The molecule has 0 radical (unpaired) electrons. The Morgan fingerprint density at radius 2 is 1.30 bits per heavy atom. The molecule has 0 saturated carbocycles. The predicted molar refractivity (Wildman–Crippen MR) is 108 cm³/mol. The molecule has 0 aromatic rings. The second-order valence-electron chi connectivity index (χ2n) is 9.64. The molecule has 7 rings (SSSR count). The molecule has 6 fully saturated rings. The molecule has 0 aliphatic carbocycles. The van der Waals surface area contributed by atoms with Crippen molar-refractivity contribution in [2.75, 3.05) is 72.6 Å². The summed E-state index contributed by atoms with van der Waals surface area (Å²) in [6.45, 7) is 6.86. The van der Waals surface area contributed by atoms with Crippen LogP contribution in [-0.2, 0) is 42.6 Å². The summed E-state index contributed by atoms with van der Waals surface area (Å²) >= 11 is 0. The van der Waals surface area contributed by atoms with Crippen molar-refractivity contribution in [3.05, 3.63) is 0 Å². The van der Waals surface area contributed by atoms with E-state index in [1.807, 2.05) is 0 Å². The molecule has 33 heavy (non-hydrogen) atoms. The van der Waals surface area contributed by atoms with Crippen LogP contribution in [0.5, 0.6) is 0 Å². The Morgan fingerprint density at radius 3 is 1.94 bits per heavy atom. The minimum absolute atomic E-state index is 0.0916. The first kappa shape index (κ1) is 21.2. The van der Waals surface area contributed by atoms with Gasteiger partial charge in [-0.15, -0.1) is 0 Å². The Kier molecular flexibility index (Phi) is 5.49. The van der Waals surface area contributed by atoms with Crippen LogP contribution in [0, 0.1) is 0 Å². The zero-order valence-corrected chi connectivity index (χ0v) is 18.5. The second-order valence-corrected chi connectivity index (χ2v) is 9.64. The third-order valence-electron chi connectivity index (χ3n) is 6.61. The second kappa shape index (κ2) is 8.54. The molecule has 12 heteroatoms. The van der Waals surface area contributed by atoms with Crippen LogP contribution < -0.4 is 0 Å². The summed E-state index contributed by atoms with van der Waals surface area (Å²) in [6, 6.07) is 0.494. The van der Waals surface area contributed by atoms with Crippen molar-refractivity contribution in [2.45, 2.75) is 55.2 Å². The summed E-state index contributed by atoms with van der Waals surface area (Å²) in [5.41, 5.74) is 0. The number of aliphatic imine (C=N–C) groups is 1. The lowest BCUT2D eigenvalue weighted by Gasteiger charge is -2.54. The number of nitrogens with zero attached hydrogens (tertiary/aromatic N) is 3. The van der Waals surface area contributed by atoms with Gasteiger partial charge >= 0.3 is 0 Å². The van der Waals surface area contributed by atoms with E-state index in [4.69, 9.17) is 47.6 Å². The van der Waals surface area contributed by atoms with Gasteiger partial charge in [0.05, 0.1) is 77.7 Å². The average Bonchev–Trinajstić information content (AvgIpc) is 3.62. The quantitative estimate of drug-likeness (QED) is 0.283. The van der Waals surface area contributed by atoms with Crippen LogP contribution in [0.25, 0.3) is 0 Å². The van der Waals surface area contributed by atoms with E-state index in [0.29, 0.717) is 85.0 Å². The van der Waals surface area contributed by atoms with Gasteiger partial charge in [0.15, 0.2) is 0 Å². The fraction of sp³-hybridized carbons (Fsp3) is 0.952. The summed E-state index contributed by atoms with van der Waals surface area (Å²) in [7, 11) is 0. The topological polar surface area (TPSA) is 122 Å². The predicted octanol–water partition coefficient (Wildman–Crippen LogP) is -1.27. The average molecular weight is 469 g/mol. The van der Waals surface area contributed by atoms with Crippen molar-refractivity contribution >= 4 is 6.02 Å². The third kappa shape index (κ3) is 5.29. The number of amidine groups is 1. The van der Waals surface area contributed by atoms with E-state index in [0.717, 1.165) is 0 Å². The van der Waals surface area contributed by atoms with Gasteiger partial charge in [0.1, 0.15) is 24.9 Å². The van der Waals surface area contributed by atoms with Crippen LogP contribution in [0.3, 0.4) is 0 Å². The minimum atomic E-state index is -0.887. The standard InChI is InChI=1S/C21H31N3O9/c1(13-4-25-13)21(33-12-18-9-30-18)23(2-14-5-26-14)19(31-10-16-7-28-16)22-20(32-11-17-8-29-17)24(21)3-15-6-27-15/h13-19H,1-12H2. The molecule has 6 saturated heterocycles. The Hall–Kier alpha value is -1.09. The molecule has 0 bridgehead atoms. The van der Waals surface area contributed by atoms with Gasteiger partial charge in [0, 0.05) is 13.0 Å². The van der Waals surface area contributed by atoms with Gasteiger partial charge in [0.25, 0.3) is 6.02 Å². The van der Waals surface area contributed by atoms with Crippen molar-refractivity contribution in [1.82, 2.24) is 9.80 Å². The zero-order chi connectivity index (χ0) is 21.8. The van der Waals surface area contributed by atoms with E-state index in [9.17, 15) is 0 Å². The fourth-order valence-electron chi connectivity index (χ4n) is 4.19. The number of hydrogen-bond donors (Lipinski definition) is 0. The highest BCUT2D eigenvalue weighted by Gasteiger charge is 2.58. The molecule has 0 amide bonds. The van der Waals surface area contributed by atoms with Gasteiger partial charge in [-0.3, -0.25) is 4.90 Å². The highest BCUT2D eigenvalue weighted by atomic mass is 16.6. The Labute approximate surface area is 191 Å². The summed E-state index contributed by atoms with van der Waals surface area (Å²) in [5, 5.41) is 0. The summed E-state index contributed by atoms with van der Waals surface area (Å²) < 4.78 is 52.4. The molecule has 0 aromatic carbocycles. The number of rotatable bonds is 14. The Bertz CT molecular complexity index is 749. The summed E-state index contributed by atoms with van der Waals surface area (Å²) in [4.78, 5) is 9.19. The first-order chi connectivity index (χ1) is 16.2. The van der Waals surface area contributed by atoms with Crippen LogP contribution in [0.4, 0.5) is 0 Å². The molecule has 184 valence electrons.